The average Bonchev–Trinajstić information content (AvgIpc) is 2.81. The van der Waals surface area contributed by atoms with E-state index in [2.05, 4.69) is 27.5 Å². The van der Waals surface area contributed by atoms with Crippen LogP contribution in [0.2, 0.25) is 0 Å². The number of likely N-dealkylation sites (N-methyl/N-ethyl adjacent to an activating group) is 1. The quantitative estimate of drug-likeness (QED) is 0.882. The summed E-state index contributed by atoms with van der Waals surface area (Å²) < 4.78 is 2.02. The van der Waals surface area contributed by atoms with E-state index in [1.807, 2.05) is 4.57 Å². The van der Waals surface area contributed by atoms with Gasteiger partial charge in [0.2, 0.25) is 0 Å². The van der Waals surface area contributed by atoms with E-state index < -0.39 is 0 Å². The van der Waals surface area contributed by atoms with Crippen LogP contribution >= 0.6 is 24.8 Å². The summed E-state index contributed by atoms with van der Waals surface area (Å²) in [6.07, 6.45) is 6.24. The van der Waals surface area contributed by atoms with Gasteiger partial charge in [0, 0.05) is 19.6 Å². The molecule has 2 heterocycles. The SMILES string of the molecule is CN(CCn1cnnc1)CC1CCCNC1.Cl.Cl. The zero-order valence-electron chi connectivity index (χ0n) is 10.8. The Kier molecular flexibility index (Phi) is 9.36. The Hall–Kier alpha value is -0.360. The highest BCUT2D eigenvalue weighted by Crippen LogP contribution is 2.10. The maximum Gasteiger partial charge on any atom is 0.119 e. The third kappa shape index (κ3) is 6.00. The summed E-state index contributed by atoms with van der Waals surface area (Å²) in [5, 5.41) is 11.1. The standard InChI is InChI=1S/C11H21N5.2ClH/c1-15(5-6-16-9-13-14-10-16)8-11-3-2-4-12-7-11;;/h9-12H,2-8H2,1H3;2*1H. The summed E-state index contributed by atoms with van der Waals surface area (Å²) in [6.45, 7) is 5.60. The second-order valence-corrected chi connectivity index (χ2v) is 4.67. The minimum Gasteiger partial charge on any atom is -0.319 e. The van der Waals surface area contributed by atoms with Crippen molar-refractivity contribution >= 4 is 24.8 Å². The van der Waals surface area contributed by atoms with Crippen molar-refractivity contribution in [2.75, 3.05) is 33.2 Å². The smallest absolute Gasteiger partial charge is 0.119 e. The molecule has 1 N–H and O–H groups in total. The first-order valence-corrected chi connectivity index (χ1v) is 6.06. The molecular formula is C11H23Cl2N5. The van der Waals surface area contributed by atoms with E-state index in [4.69, 9.17) is 0 Å². The Morgan fingerprint density at radius 1 is 1.33 bits per heavy atom. The third-order valence-corrected chi connectivity index (χ3v) is 3.18. The average molecular weight is 296 g/mol. The van der Waals surface area contributed by atoms with E-state index in [9.17, 15) is 0 Å². The summed E-state index contributed by atoms with van der Waals surface area (Å²) in [5.41, 5.74) is 0. The van der Waals surface area contributed by atoms with Crippen molar-refractivity contribution in [3.63, 3.8) is 0 Å². The Morgan fingerprint density at radius 2 is 2.06 bits per heavy atom. The predicted octanol–water partition coefficient (Wildman–Crippen LogP) is 1.05. The number of aromatic nitrogens is 3. The van der Waals surface area contributed by atoms with E-state index in [-0.39, 0.29) is 24.8 Å². The number of hydrogen-bond donors (Lipinski definition) is 1. The van der Waals surface area contributed by atoms with Gasteiger partial charge in [-0.25, -0.2) is 0 Å². The molecule has 0 aromatic carbocycles. The lowest BCUT2D eigenvalue weighted by Crippen LogP contribution is -2.37. The van der Waals surface area contributed by atoms with Crippen LogP contribution in [-0.2, 0) is 6.54 Å². The second-order valence-electron chi connectivity index (χ2n) is 4.67. The lowest BCUT2D eigenvalue weighted by atomic mass is 9.99. The summed E-state index contributed by atoms with van der Waals surface area (Å²) in [4.78, 5) is 2.40. The molecule has 5 nitrogen and oxygen atoms in total. The topological polar surface area (TPSA) is 46.0 Å². The number of piperidine rings is 1. The van der Waals surface area contributed by atoms with E-state index in [0.717, 1.165) is 19.0 Å². The van der Waals surface area contributed by atoms with Gasteiger partial charge in [-0.15, -0.1) is 35.0 Å². The summed E-state index contributed by atoms with van der Waals surface area (Å²) >= 11 is 0. The Morgan fingerprint density at radius 3 is 2.67 bits per heavy atom. The van der Waals surface area contributed by atoms with Crippen LogP contribution in [0.4, 0.5) is 0 Å². The highest BCUT2D eigenvalue weighted by molar-refractivity contribution is 5.85. The molecule has 1 aliphatic rings. The van der Waals surface area contributed by atoms with Crippen LogP contribution in [0.5, 0.6) is 0 Å². The van der Waals surface area contributed by atoms with Crippen LogP contribution in [0.1, 0.15) is 12.8 Å². The molecule has 1 aromatic heterocycles. The first-order chi connectivity index (χ1) is 7.84. The number of hydrogen-bond acceptors (Lipinski definition) is 4. The van der Waals surface area contributed by atoms with Gasteiger partial charge in [0.25, 0.3) is 0 Å². The summed E-state index contributed by atoms with van der Waals surface area (Å²) in [5.74, 6) is 0.819. The van der Waals surface area contributed by atoms with Crippen LogP contribution < -0.4 is 5.32 Å². The molecule has 2 rings (SSSR count). The molecule has 1 fully saturated rings. The van der Waals surface area contributed by atoms with E-state index in [1.54, 1.807) is 12.7 Å². The molecule has 106 valence electrons. The zero-order valence-corrected chi connectivity index (χ0v) is 12.4. The lowest BCUT2D eigenvalue weighted by molar-refractivity contribution is 0.237. The number of halogens is 2. The normalized spacial score (nSPS) is 19.1. The van der Waals surface area contributed by atoms with E-state index >= 15 is 0 Å². The van der Waals surface area contributed by atoms with Gasteiger partial charge in [0.05, 0.1) is 0 Å². The largest absolute Gasteiger partial charge is 0.319 e. The number of rotatable bonds is 5. The second kappa shape index (κ2) is 9.55. The van der Waals surface area contributed by atoms with Crippen LogP contribution in [0.15, 0.2) is 12.7 Å². The molecule has 1 aromatic rings. The van der Waals surface area contributed by atoms with Gasteiger partial charge < -0.3 is 14.8 Å². The third-order valence-electron chi connectivity index (χ3n) is 3.18. The van der Waals surface area contributed by atoms with Crippen LogP contribution in [0.25, 0.3) is 0 Å². The fourth-order valence-electron chi connectivity index (χ4n) is 2.24. The minimum atomic E-state index is 0. The monoisotopic (exact) mass is 295 g/mol. The molecule has 7 heteroatoms. The zero-order chi connectivity index (χ0) is 11.2. The van der Waals surface area contributed by atoms with Crippen LogP contribution in [0.3, 0.4) is 0 Å². The maximum atomic E-state index is 3.80. The Balaban J connectivity index is 0.00000144. The molecule has 0 amide bonds. The molecule has 1 atom stereocenters. The van der Waals surface area contributed by atoms with Crippen molar-refractivity contribution in [2.45, 2.75) is 19.4 Å². The van der Waals surface area contributed by atoms with E-state index in [1.165, 1.54) is 32.5 Å². The van der Waals surface area contributed by atoms with Crippen molar-refractivity contribution < 1.29 is 0 Å². The molecule has 1 unspecified atom stereocenters. The Labute approximate surface area is 121 Å². The fourth-order valence-corrected chi connectivity index (χ4v) is 2.24. The van der Waals surface area contributed by atoms with Gasteiger partial charge >= 0.3 is 0 Å². The number of nitrogens with one attached hydrogen (secondary N) is 1. The van der Waals surface area contributed by atoms with E-state index in [0.29, 0.717) is 0 Å². The lowest BCUT2D eigenvalue weighted by Gasteiger charge is -2.27. The fraction of sp³-hybridized carbons (Fsp3) is 0.818. The van der Waals surface area contributed by atoms with Crippen molar-refractivity contribution in [3.8, 4) is 0 Å². The molecule has 0 spiro atoms. The maximum absolute atomic E-state index is 3.80. The predicted molar refractivity (Wildman–Crippen MR) is 77.6 cm³/mol. The van der Waals surface area contributed by atoms with Crippen LogP contribution in [-0.4, -0.2) is 52.9 Å². The van der Waals surface area contributed by atoms with Crippen molar-refractivity contribution in [3.05, 3.63) is 12.7 Å². The van der Waals surface area contributed by atoms with Crippen molar-refractivity contribution in [1.82, 2.24) is 25.0 Å². The van der Waals surface area contributed by atoms with Gasteiger partial charge in [-0.1, -0.05) is 0 Å². The van der Waals surface area contributed by atoms with Crippen molar-refractivity contribution in [1.29, 1.82) is 0 Å². The Bertz CT molecular complexity index is 288. The van der Waals surface area contributed by atoms with Gasteiger partial charge in [0.1, 0.15) is 12.7 Å². The molecule has 0 aliphatic carbocycles. The van der Waals surface area contributed by atoms with Crippen LogP contribution in [0, 0.1) is 5.92 Å². The summed E-state index contributed by atoms with van der Waals surface area (Å²) in [6, 6.07) is 0. The number of nitrogens with zero attached hydrogens (tertiary/aromatic N) is 4. The molecular weight excluding hydrogens is 273 g/mol. The first kappa shape index (κ1) is 17.6. The first-order valence-electron chi connectivity index (χ1n) is 6.06. The highest BCUT2D eigenvalue weighted by Gasteiger charge is 2.14. The minimum absolute atomic E-state index is 0. The van der Waals surface area contributed by atoms with Crippen molar-refractivity contribution in [2.24, 2.45) is 5.92 Å². The molecule has 18 heavy (non-hydrogen) atoms. The molecule has 1 saturated heterocycles. The molecule has 1 aliphatic heterocycles. The molecule has 0 saturated carbocycles. The molecule has 0 radical (unpaired) electrons. The molecule has 0 bridgehead atoms. The van der Waals surface area contributed by atoms with Gasteiger partial charge in [0.15, 0.2) is 0 Å². The van der Waals surface area contributed by atoms with Gasteiger partial charge in [-0.05, 0) is 38.9 Å². The van der Waals surface area contributed by atoms with Gasteiger partial charge in [-0.2, -0.15) is 0 Å². The highest BCUT2D eigenvalue weighted by atomic mass is 35.5. The van der Waals surface area contributed by atoms with Gasteiger partial charge in [-0.3, -0.25) is 0 Å². The summed E-state index contributed by atoms with van der Waals surface area (Å²) in [7, 11) is 2.19.